The van der Waals surface area contributed by atoms with Crippen LogP contribution >= 0.6 is 10.0 Å². The zero-order chi connectivity index (χ0) is 6.99. The molecule has 3 heteroatoms. The summed E-state index contributed by atoms with van der Waals surface area (Å²) >= 11 is -0.688. The van der Waals surface area contributed by atoms with E-state index in [1.807, 2.05) is 0 Å². The summed E-state index contributed by atoms with van der Waals surface area (Å²) < 4.78 is 0. The van der Waals surface area contributed by atoms with Gasteiger partial charge in [-0.1, -0.05) is 24.4 Å². The molecule has 0 amide bonds. The first-order valence-corrected chi connectivity index (χ1v) is 6.41. The van der Waals surface area contributed by atoms with Gasteiger partial charge in [0, 0.05) is 0 Å². The second-order valence-electron chi connectivity index (χ2n) is 1.41. The normalized spacial score (nSPS) is 7.12. The van der Waals surface area contributed by atoms with E-state index in [1.165, 1.54) is 17.6 Å². The Labute approximate surface area is 60.8 Å². The second kappa shape index (κ2) is 10.7. The minimum atomic E-state index is -0.688. The van der Waals surface area contributed by atoms with Crippen LogP contribution in [0.2, 0.25) is 10.6 Å². The molecule has 0 saturated heterocycles. The summed E-state index contributed by atoms with van der Waals surface area (Å²) in [6.45, 7) is 4.32. The largest absolute Gasteiger partial charge is 0.399 e. The van der Waals surface area contributed by atoms with Crippen LogP contribution in [0.25, 0.3) is 0 Å². The SMILES string of the molecule is CN.C[CH2][Al]([Cl])[CH2]C. The van der Waals surface area contributed by atoms with Crippen LogP contribution in [0.5, 0.6) is 0 Å². The summed E-state index contributed by atoms with van der Waals surface area (Å²) in [4.78, 5) is 0. The Hall–Kier alpha value is 0.782. The third-order valence-electron chi connectivity index (χ3n) is 0.886. The highest BCUT2D eigenvalue weighted by Gasteiger charge is 2.04. The molecule has 0 aliphatic rings. The van der Waals surface area contributed by atoms with Gasteiger partial charge in [-0.3, -0.25) is 10.0 Å². The van der Waals surface area contributed by atoms with Gasteiger partial charge in [-0.25, -0.2) is 0 Å². The molecule has 2 N–H and O–H groups in total. The summed E-state index contributed by atoms with van der Waals surface area (Å²) in [6.07, 6.45) is 0. The monoisotopic (exact) mass is 151 g/mol. The van der Waals surface area contributed by atoms with E-state index >= 15 is 0 Å². The topological polar surface area (TPSA) is 26.0 Å². The molecule has 0 bridgehead atoms. The summed E-state index contributed by atoms with van der Waals surface area (Å²) in [5.74, 6) is 0. The molecular formula is C5H15AlClN. The highest BCUT2D eigenvalue weighted by atomic mass is 35.6. The Bertz CT molecular complexity index is 31.6. The molecule has 0 aromatic carbocycles. The third kappa shape index (κ3) is 9.92. The average Bonchev–Trinajstić information content (AvgIpc) is 1.91. The number of rotatable bonds is 2. The maximum absolute atomic E-state index is 5.79. The first-order chi connectivity index (χ1) is 3.81. The van der Waals surface area contributed by atoms with Crippen LogP contribution in [0.15, 0.2) is 0 Å². The quantitative estimate of drug-likeness (QED) is 0.599. The van der Waals surface area contributed by atoms with E-state index in [-0.39, 0.29) is 0 Å². The van der Waals surface area contributed by atoms with Gasteiger partial charge in [-0.15, -0.1) is 0 Å². The van der Waals surface area contributed by atoms with Crippen LogP contribution in [0.3, 0.4) is 0 Å². The number of nitrogens with two attached hydrogens (primary N) is 1. The highest BCUT2D eigenvalue weighted by molar-refractivity contribution is 7.06. The van der Waals surface area contributed by atoms with E-state index in [0.717, 1.165) is 0 Å². The lowest BCUT2D eigenvalue weighted by Crippen LogP contribution is -1.95. The Balaban J connectivity index is 0. The summed E-state index contributed by atoms with van der Waals surface area (Å²) in [7, 11) is 7.29. The molecule has 8 heavy (non-hydrogen) atoms. The van der Waals surface area contributed by atoms with Gasteiger partial charge in [-0.2, -0.15) is 0 Å². The van der Waals surface area contributed by atoms with E-state index in [2.05, 4.69) is 19.6 Å². The molecule has 0 rings (SSSR count). The fourth-order valence-corrected chi connectivity index (χ4v) is 0.866. The summed E-state index contributed by atoms with van der Waals surface area (Å²) in [6, 6.07) is 0. The van der Waals surface area contributed by atoms with Crippen molar-refractivity contribution in [1.29, 1.82) is 0 Å². The molecule has 0 spiro atoms. The molecule has 0 unspecified atom stereocenters. The van der Waals surface area contributed by atoms with Crippen LogP contribution in [0.4, 0.5) is 0 Å². The van der Waals surface area contributed by atoms with Gasteiger partial charge >= 0.3 is 13.2 Å². The van der Waals surface area contributed by atoms with Crippen molar-refractivity contribution in [2.75, 3.05) is 7.05 Å². The molecule has 50 valence electrons. The second-order valence-corrected chi connectivity index (χ2v) is 6.09. The summed E-state index contributed by atoms with van der Waals surface area (Å²) in [5, 5.41) is 2.47. The average molecular weight is 152 g/mol. The minimum Gasteiger partial charge on any atom is -0.333 e. The molecule has 0 saturated carbocycles. The molecule has 0 radical (unpaired) electrons. The predicted molar refractivity (Wildman–Crippen MR) is 42.7 cm³/mol. The molecule has 1 nitrogen and oxygen atoms in total. The van der Waals surface area contributed by atoms with Gasteiger partial charge in [0.15, 0.2) is 0 Å². The Morgan fingerprint density at radius 2 is 1.50 bits per heavy atom. The molecule has 0 aliphatic heterocycles. The van der Waals surface area contributed by atoms with Gasteiger partial charge in [-0.05, 0) is 7.05 Å². The van der Waals surface area contributed by atoms with Crippen LogP contribution in [-0.2, 0) is 0 Å². The lowest BCUT2D eigenvalue weighted by atomic mass is 10.9. The van der Waals surface area contributed by atoms with Crippen molar-refractivity contribution in [3.05, 3.63) is 0 Å². The Morgan fingerprint density at radius 3 is 1.50 bits per heavy atom. The molecule has 0 atom stereocenters. The smallest absolute Gasteiger partial charge is 0.333 e. The molecule has 0 aromatic heterocycles. The van der Waals surface area contributed by atoms with Crippen LogP contribution in [-0.4, -0.2) is 20.3 Å². The minimum absolute atomic E-state index is 0.688. The van der Waals surface area contributed by atoms with Gasteiger partial charge in [0.25, 0.3) is 0 Å². The highest BCUT2D eigenvalue weighted by Crippen LogP contribution is 2.00. The van der Waals surface area contributed by atoms with Gasteiger partial charge < -0.3 is 5.73 Å². The Kier molecular flexibility index (Phi) is 15.5. The number of hydrogen-bond donors (Lipinski definition) is 1. The van der Waals surface area contributed by atoms with Crippen molar-refractivity contribution >= 4 is 23.3 Å². The maximum Gasteiger partial charge on any atom is 0.399 e. The third-order valence-corrected chi connectivity index (χ3v) is 4.51. The van der Waals surface area contributed by atoms with Gasteiger partial charge in [0.1, 0.15) is 0 Å². The Morgan fingerprint density at radius 1 is 1.25 bits per heavy atom. The van der Waals surface area contributed by atoms with Crippen molar-refractivity contribution in [3.8, 4) is 0 Å². The fourth-order valence-electron chi connectivity index (χ4n) is 0.289. The van der Waals surface area contributed by atoms with E-state index in [4.69, 9.17) is 10.0 Å². The van der Waals surface area contributed by atoms with E-state index < -0.39 is 13.2 Å². The first-order valence-electron chi connectivity index (χ1n) is 3.03. The van der Waals surface area contributed by atoms with Crippen molar-refractivity contribution in [3.63, 3.8) is 0 Å². The molecule has 0 heterocycles. The van der Waals surface area contributed by atoms with Crippen molar-refractivity contribution in [2.45, 2.75) is 24.4 Å². The molecule has 0 aromatic rings. The van der Waals surface area contributed by atoms with E-state index in [1.54, 1.807) is 0 Å². The lowest BCUT2D eigenvalue weighted by molar-refractivity contribution is 1.35. The lowest BCUT2D eigenvalue weighted by Gasteiger charge is -1.86. The van der Waals surface area contributed by atoms with E-state index in [0.29, 0.717) is 0 Å². The zero-order valence-electron chi connectivity index (χ0n) is 5.95. The van der Waals surface area contributed by atoms with Crippen molar-refractivity contribution in [1.82, 2.24) is 0 Å². The standard InChI is InChI=1S/2C2H5.CH5N.Al.ClH/c3*1-2;;/h2*1H2,2H3;2H2,1H3;;1H/q;;;+1;/p-1. The predicted octanol–water partition coefficient (Wildman–Crippen LogP) is 1.83. The van der Waals surface area contributed by atoms with Gasteiger partial charge in [0.2, 0.25) is 0 Å². The van der Waals surface area contributed by atoms with Crippen molar-refractivity contribution < 1.29 is 0 Å². The zero-order valence-corrected chi connectivity index (χ0v) is 7.86. The number of hydrogen-bond acceptors (Lipinski definition) is 1. The molecular weight excluding hydrogens is 136 g/mol. The fraction of sp³-hybridized carbons (Fsp3) is 1.00. The van der Waals surface area contributed by atoms with E-state index in [9.17, 15) is 0 Å². The van der Waals surface area contributed by atoms with Crippen LogP contribution < -0.4 is 5.73 Å². The number of halogens is 1. The van der Waals surface area contributed by atoms with Crippen LogP contribution in [0.1, 0.15) is 13.8 Å². The van der Waals surface area contributed by atoms with Crippen LogP contribution in [0, 0.1) is 0 Å². The molecule has 0 fully saturated rings. The molecule has 0 aliphatic carbocycles. The first kappa shape index (κ1) is 11.6. The van der Waals surface area contributed by atoms with Gasteiger partial charge in [0.05, 0.1) is 0 Å². The summed E-state index contributed by atoms with van der Waals surface area (Å²) in [5.41, 5.74) is 4.50. The maximum atomic E-state index is 5.79. The van der Waals surface area contributed by atoms with Crippen molar-refractivity contribution in [2.24, 2.45) is 5.73 Å².